The highest BCUT2D eigenvalue weighted by Gasteiger charge is 2.21. The molecule has 1 aliphatic rings. The van der Waals surface area contributed by atoms with Gasteiger partial charge in [-0.05, 0) is 18.8 Å². The van der Waals surface area contributed by atoms with Gasteiger partial charge in [0.15, 0.2) is 5.96 Å². The lowest BCUT2D eigenvalue weighted by Crippen LogP contribution is -2.38. The monoisotopic (exact) mass is 385 g/mol. The number of alkyl halides is 2. The van der Waals surface area contributed by atoms with Crippen molar-refractivity contribution in [2.75, 3.05) is 13.6 Å². The lowest BCUT2D eigenvalue weighted by Gasteiger charge is -2.12. The standard InChI is InChI=1S/C11H17F2N5.HI/c1-14-11(16-6-8-2-3-8)17-7-9-15-4-5-18(9)10(12)13;/h4-5,8,10H,2-3,6-7H2,1H3,(H2,14,16,17);1H. The number of aromatic nitrogens is 2. The maximum absolute atomic E-state index is 12.6. The topological polar surface area (TPSA) is 54.2 Å². The van der Waals surface area contributed by atoms with E-state index in [9.17, 15) is 8.78 Å². The number of hydrogen-bond donors (Lipinski definition) is 2. The molecule has 0 bridgehead atoms. The Morgan fingerprint density at radius 3 is 2.84 bits per heavy atom. The van der Waals surface area contributed by atoms with Gasteiger partial charge in [0.05, 0.1) is 6.54 Å². The van der Waals surface area contributed by atoms with Gasteiger partial charge in [0.1, 0.15) is 5.82 Å². The molecule has 1 aliphatic carbocycles. The van der Waals surface area contributed by atoms with Gasteiger partial charge in [-0.1, -0.05) is 0 Å². The number of rotatable bonds is 5. The lowest BCUT2D eigenvalue weighted by molar-refractivity contribution is 0.0668. The van der Waals surface area contributed by atoms with E-state index in [1.54, 1.807) is 7.05 Å². The first-order valence-corrected chi connectivity index (χ1v) is 5.95. The molecule has 0 atom stereocenters. The minimum absolute atomic E-state index is 0. The Balaban J connectivity index is 0.00000180. The maximum Gasteiger partial charge on any atom is 0.319 e. The molecule has 0 radical (unpaired) electrons. The molecule has 8 heteroatoms. The van der Waals surface area contributed by atoms with Gasteiger partial charge in [0.25, 0.3) is 0 Å². The van der Waals surface area contributed by atoms with Crippen molar-refractivity contribution in [1.29, 1.82) is 0 Å². The fourth-order valence-electron chi connectivity index (χ4n) is 1.60. The molecular weight excluding hydrogens is 367 g/mol. The third-order valence-electron chi connectivity index (χ3n) is 2.85. The van der Waals surface area contributed by atoms with Crippen molar-refractivity contribution in [3.8, 4) is 0 Å². The van der Waals surface area contributed by atoms with E-state index in [1.165, 1.54) is 25.2 Å². The first-order valence-electron chi connectivity index (χ1n) is 5.95. The van der Waals surface area contributed by atoms with E-state index in [4.69, 9.17) is 0 Å². The number of nitrogens with one attached hydrogen (secondary N) is 2. The van der Waals surface area contributed by atoms with E-state index < -0.39 is 6.55 Å². The van der Waals surface area contributed by atoms with E-state index in [-0.39, 0.29) is 30.5 Å². The van der Waals surface area contributed by atoms with Crippen LogP contribution in [0.3, 0.4) is 0 Å². The smallest absolute Gasteiger partial charge is 0.319 e. The van der Waals surface area contributed by atoms with Crippen LogP contribution < -0.4 is 10.6 Å². The van der Waals surface area contributed by atoms with Crippen LogP contribution in [0.1, 0.15) is 25.2 Å². The van der Waals surface area contributed by atoms with Crippen molar-refractivity contribution < 1.29 is 8.78 Å². The summed E-state index contributed by atoms with van der Waals surface area (Å²) in [6.45, 7) is -1.46. The van der Waals surface area contributed by atoms with Crippen LogP contribution in [0.4, 0.5) is 8.78 Å². The van der Waals surface area contributed by atoms with E-state index >= 15 is 0 Å². The third kappa shape index (κ3) is 4.92. The molecule has 0 saturated heterocycles. The number of nitrogens with zero attached hydrogens (tertiary/aromatic N) is 3. The first kappa shape index (κ1) is 16.1. The zero-order valence-electron chi connectivity index (χ0n) is 10.6. The number of hydrogen-bond acceptors (Lipinski definition) is 2. The second-order valence-electron chi connectivity index (χ2n) is 4.28. The number of imidazole rings is 1. The SMILES string of the molecule is CN=C(NCc1nccn1C(F)F)NCC1CC1.I. The summed E-state index contributed by atoms with van der Waals surface area (Å²) >= 11 is 0. The number of aliphatic imine (C=N–C) groups is 1. The Bertz CT molecular complexity index is 417. The van der Waals surface area contributed by atoms with Crippen molar-refractivity contribution in [2.24, 2.45) is 10.9 Å². The molecule has 2 N–H and O–H groups in total. The van der Waals surface area contributed by atoms with Crippen LogP contribution >= 0.6 is 24.0 Å². The molecule has 1 aromatic rings. The molecule has 0 spiro atoms. The molecule has 1 fully saturated rings. The largest absolute Gasteiger partial charge is 0.356 e. The average molecular weight is 385 g/mol. The van der Waals surface area contributed by atoms with E-state index in [0.717, 1.165) is 17.0 Å². The second kappa shape index (κ2) is 7.61. The summed E-state index contributed by atoms with van der Waals surface area (Å²) in [6, 6.07) is 0. The van der Waals surface area contributed by atoms with Crippen LogP contribution in [0.5, 0.6) is 0 Å². The molecule has 0 aromatic carbocycles. The number of halogens is 3. The molecule has 108 valence electrons. The lowest BCUT2D eigenvalue weighted by atomic mass is 10.4. The summed E-state index contributed by atoms with van der Waals surface area (Å²) in [5, 5.41) is 6.13. The van der Waals surface area contributed by atoms with E-state index in [2.05, 4.69) is 20.6 Å². The van der Waals surface area contributed by atoms with Gasteiger partial charge in [-0.2, -0.15) is 8.78 Å². The summed E-state index contributed by atoms with van der Waals surface area (Å²) in [5.41, 5.74) is 0. The predicted octanol–water partition coefficient (Wildman–Crippen LogP) is 1.97. The highest BCUT2D eigenvalue weighted by molar-refractivity contribution is 14.0. The van der Waals surface area contributed by atoms with E-state index in [1.807, 2.05) is 0 Å². The fourth-order valence-corrected chi connectivity index (χ4v) is 1.60. The van der Waals surface area contributed by atoms with Crippen LogP contribution in [0, 0.1) is 5.92 Å². The Morgan fingerprint density at radius 1 is 1.53 bits per heavy atom. The van der Waals surface area contributed by atoms with Crippen molar-refractivity contribution >= 4 is 29.9 Å². The molecule has 5 nitrogen and oxygen atoms in total. The van der Waals surface area contributed by atoms with Crippen molar-refractivity contribution in [2.45, 2.75) is 25.9 Å². The molecule has 1 aromatic heterocycles. The highest BCUT2D eigenvalue weighted by atomic mass is 127. The van der Waals surface area contributed by atoms with Gasteiger partial charge in [-0.15, -0.1) is 24.0 Å². The van der Waals surface area contributed by atoms with Crippen LogP contribution in [0.25, 0.3) is 0 Å². The van der Waals surface area contributed by atoms with Gasteiger partial charge < -0.3 is 10.6 Å². The van der Waals surface area contributed by atoms with Gasteiger partial charge in [-0.25, -0.2) is 4.98 Å². The van der Waals surface area contributed by atoms with Gasteiger partial charge in [0.2, 0.25) is 0 Å². The maximum atomic E-state index is 12.6. The minimum atomic E-state index is -2.56. The van der Waals surface area contributed by atoms with Crippen molar-refractivity contribution in [3.63, 3.8) is 0 Å². The number of guanidine groups is 1. The van der Waals surface area contributed by atoms with Crippen LogP contribution in [-0.4, -0.2) is 29.1 Å². The molecular formula is C11H18F2IN5. The average Bonchev–Trinajstić information content (AvgIpc) is 3.05. The third-order valence-corrected chi connectivity index (χ3v) is 2.85. The molecule has 0 unspecified atom stereocenters. The summed E-state index contributed by atoms with van der Waals surface area (Å²) in [4.78, 5) is 7.92. The predicted molar refractivity (Wildman–Crippen MR) is 79.8 cm³/mol. The van der Waals surface area contributed by atoms with Crippen molar-refractivity contribution in [3.05, 3.63) is 18.2 Å². The normalized spacial score (nSPS) is 15.3. The van der Waals surface area contributed by atoms with E-state index in [0.29, 0.717) is 11.8 Å². The van der Waals surface area contributed by atoms with Crippen LogP contribution in [-0.2, 0) is 6.54 Å². The van der Waals surface area contributed by atoms with Crippen molar-refractivity contribution in [1.82, 2.24) is 20.2 Å². The Labute approximate surface area is 127 Å². The molecule has 1 saturated carbocycles. The summed E-state index contributed by atoms with van der Waals surface area (Å²) < 4.78 is 26.0. The quantitative estimate of drug-likeness (QED) is 0.463. The first-order chi connectivity index (χ1) is 8.70. The Kier molecular flexibility index (Phi) is 6.46. The minimum Gasteiger partial charge on any atom is -0.356 e. The summed E-state index contributed by atoms with van der Waals surface area (Å²) in [5.74, 6) is 1.64. The Hall–Kier alpha value is -0.930. The van der Waals surface area contributed by atoms with Crippen LogP contribution in [0.2, 0.25) is 0 Å². The Morgan fingerprint density at radius 2 is 2.26 bits per heavy atom. The second-order valence-corrected chi connectivity index (χ2v) is 4.28. The van der Waals surface area contributed by atoms with Gasteiger partial charge in [0, 0.05) is 26.0 Å². The molecule has 1 heterocycles. The molecule has 0 aliphatic heterocycles. The highest BCUT2D eigenvalue weighted by Crippen LogP contribution is 2.27. The fraction of sp³-hybridized carbons (Fsp3) is 0.636. The van der Waals surface area contributed by atoms with Crippen LogP contribution in [0.15, 0.2) is 17.4 Å². The summed E-state index contributed by atoms with van der Waals surface area (Å²) in [7, 11) is 1.65. The zero-order valence-corrected chi connectivity index (χ0v) is 13.0. The zero-order chi connectivity index (χ0) is 13.0. The molecule has 19 heavy (non-hydrogen) atoms. The summed E-state index contributed by atoms with van der Waals surface area (Å²) in [6.07, 6.45) is 5.13. The molecule has 2 rings (SSSR count). The van der Waals surface area contributed by atoms with Gasteiger partial charge in [-0.3, -0.25) is 9.56 Å². The van der Waals surface area contributed by atoms with Gasteiger partial charge >= 0.3 is 6.55 Å². The molecule has 0 amide bonds.